The van der Waals surface area contributed by atoms with Gasteiger partial charge in [-0.15, -0.1) is 0 Å². The molecule has 0 aliphatic carbocycles. The molecule has 0 unspecified atom stereocenters. The van der Waals surface area contributed by atoms with E-state index in [9.17, 15) is 13.2 Å². The molecular formula is C18H21F3N2. The second-order valence-electron chi connectivity index (χ2n) is 5.96. The van der Waals surface area contributed by atoms with Gasteiger partial charge in [0, 0.05) is 12.2 Å². The Bertz CT molecular complexity index is 646. The van der Waals surface area contributed by atoms with Crippen LogP contribution in [0.4, 0.5) is 18.9 Å². The van der Waals surface area contributed by atoms with Gasteiger partial charge in [0.2, 0.25) is 0 Å². The Morgan fingerprint density at radius 3 is 2.09 bits per heavy atom. The van der Waals surface area contributed by atoms with Gasteiger partial charge < -0.3 is 10.6 Å². The Labute approximate surface area is 134 Å². The van der Waals surface area contributed by atoms with E-state index >= 15 is 0 Å². The molecule has 0 aliphatic heterocycles. The first-order chi connectivity index (χ1) is 10.8. The highest BCUT2D eigenvalue weighted by atomic mass is 19.4. The number of alkyl halides is 3. The molecule has 0 saturated heterocycles. The number of nitrogen functional groups attached to an aromatic ring is 1. The van der Waals surface area contributed by atoms with Crippen LogP contribution >= 0.6 is 0 Å². The van der Waals surface area contributed by atoms with Crippen molar-refractivity contribution in [2.24, 2.45) is 0 Å². The average Bonchev–Trinajstić information content (AvgIpc) is 2.47. The molecule has 0 bridgehead atoms. The third kappa shape index (κ3) is 4.99. The molecule has 0 heterocycles. The standard InChI is InChI=1S/C18H21F3N2/c1-23(2)10-9-13-3-5-14(6-4-13)11-15-7-8-16(12-17(15)22)18(19,20)21/h3-8,12H,9-11,22H2,1-2H3. The molecule has 0 fully saturated rings. The van der Waals surface area contributed by atoms with Crippen molar-refractivity contribution in [1.29, 1.82) is 0 Å². The molecule has 2 nitrogen and oxygen atoms in total. The Morgan fingerprint density at radius 2 is 1.57 bits per heavy atom. The van der Waals surface area contributed by atoms with Crippen molar-refractivity contribution in [3.05, 3.63) is 64.7 Å². The number of anilines is 1. The van der Waals surface area contributed by atoms with E-state index in [1.165, 1.54) is 11.6 Å². The zero-order valence-electron chi connectivity index (χ0n) is 13.3. The van der Waals surface area contributed by atoms with Gasteiger partial charge in [0.25, 0.3) is 0 Å². The summed E-state index contributed by atoms with van der Waals surface area (Å²) in [6.45, 7) is 0.977. The lowest BCUT2D eigenvalue weighted by atomic mass is 10.00. The van der Waals surface area contributed by atoms with Crippen molar-refractivity contribution in [2.75, 3.05) is 26.4 Å². The number of benzene rings is 2. The molecule has 0 atom stereocenters. The average molecular weight is 322 g/mol. The number of rotatable bonds is 5. The highest BCUT2D eigenvalue weighted by Crippen LogP contribution is 2.31. The number of hydrogen-bond acceptors (Lipinski definition) is 2. The quantitative estimate of drug-likeness (QED) is 0.844. The van der Waals surface area contributed by atoms with E-state index in [4.69, 9.17) is 5.73 Å². The lowest BCUT2D eigenvalue weighted by molar-refractivity contribution is -0.137. The fourth-order valence-electron chi connectivity index (χ4n) is 2.33. The Kier molecular flexibility index (Phi) is 5.31. The van der Waals surface area contributed by atoms with Crippen molar-refractivity contribution in [3.8, 4) is 0 Å². The van der Waals surface area contributed by atoms with Crippen LogP contribution in [0.2, 0.25) is 0 Å². The number of likely N-dealkylation sites (N-methyl/N-ethyl adjacent to an activating group) is 1. The Hall–Kier alpha value is -2.01. The van der Waals surface area contributed by atoms with Crippen LogP contribution in [0.25, 0.3) is 0 Å². The third-order valence-corrected chi connectivity index (χ3v) is 3.74. The van der Waals surface area contributed by atoms with Crippen LogP contribution in [-0.4, -0.2) is 25.5 Å². The fourth-order valence-corrected chi connectivity index (χ4v) is 2.33. The van der Waals surface area contributed by atoms with Crippen molar-refractivity contribution in [1.82, 2.24) is 4.90 Å². The van der Waals surface area contributed by atoms with Gasteiger partial charge in [-0.3, -0.25) is 0 Å². The molecule has 2 aromatic rings. The fraction of sp³-hybridized carbons (Fsp3) is 0.333. The predicted octanol–water partition coefficient (Wildman–Crippen LogP) is 3.98. The molecule has 124 valence electrons. The molecule has 0 aliphatic rings. The zero-order chi connectivity index (χ0) is 17.0. The Morgan fingerprint density at radius 1 is 0.957 bits per heavy atom. The molecular weight excluding hydrogens is 301 g/mol. The van der Waals surface area contributed by atoms with Crippen molar-refractivity contribution in [3.63, 3.8) is 0 Å². The first kappa shape index (κ1) is 17.3. The maximum absolute atomic E-state index is 12.6. The SMILES string of the molecule is CN(C)CCc1ccc(Cc2ccc(C(F)(F)F)cc2N)cc1. The van der Waals surface area contributed by atoms with Gasteiger partial charge in [-0.1, -0.05) is 30.3 Å². The van der Waals surface area contributed by atoms with E-state index in [-0.39, 0.29) is 5.69 Å². The number of halogens is 3. The van der Waals surface area contributed by atoms with E-state index in [2.05, 4.69) is 17.0 Å². The molecule has 0 spiro atoms. The maximum atomic E-state index is 12.6. The van der Waals surface area contributed by atoms with Crippen molar-refractivity contribution in [2.45, 2.75) is 19.0 Å². The van der Waals surface area contributed by atoms with Crippen LogP contribution in [0.15, 0.2) is 42.5 Å². The topological polar surface area (TPSA) is 29.3 Å². The smallest absolute Gasteiger partial charge is 0.398 e. The second kappa shape index (κ2) is 7.04. The molecule has 2 rings (SSSR count). The summed E-state index contributed by atoms with van der Waals surface area (Å²) in [6, 6.07) is 11.7. The van der Waals surface area contributed by atoms with Crippen LogP contribution in [0.1, 0.15) is 22.3 Å². The monoisotopic (exact) mass is 322 g/mol. The van der Waals surface area contributed by atoms with Crippen LogP contribution in [0, 0.1) is 0 Å². The summed E-state index contributed by atoms with van der Waals surface area (Å²) >= 11 is 0. The minimum atomic E-state index is -4.36. The minimum absolute atomic E-state index is 0.177. The van der Waals surface area contributed by atoms with Crippen molar-refractivity contribution < 1.29 is 13.2 Å². The van der Waals surface area contributed by atoms with E-state index < -0.39 is 11.7 Å². The maximum Gasteiger partial charge on any atom is 0.416 e. The highest BCUT2D eigenvalue weighted by Gasteiger charge is 2.30. The van der Waals surface area contributed by atoms with E-state index in [1.54, 1.807) is 0 Å². The first-order valence-corrected chi connectivity index (χ1v) is 7.44. The summed E-state index contributed by atoms with van der Waals surface area (Å²) in [5, 5.41) is 0. The summed E-state index contributed by atoms with van der Waals surface area (Å²) < 4.78 is 37.9. The van der Waals surface area contributed by atoms with Crippen LogP contribution in [0.5, 0.6) is 0 Å². The summed E-state index contributed by atoms with van der Waals surface area (Å²) in [7, 11) is 4.06. The Balaban J connectivity index is 2.07. The van der Waals surface area contributed by atoms with Gasteiger partial charge in [0.15, 0.2) is 0 Å². The molecule has 5 heteroatoms. The van der Waals surface area contributed by atoms with Gasteiger partial charge >= 0.3 is 6.18 Å². The molecule has 2 aromatic carbocycles. The molecule has 23 heavy (non-hydrogen) atoms. The van der Waals surface area contributed by atoms with E-state index in [0.29, 0.717) is 12.0 Å². The van der Waals surface area contributed by atoms with Crippen LogP contribution in [0.3, 0.4) is 0 Å². The number of nitrogens with two attached hydrogens (primary N) is 1. The normalized spacial score (nSPS) is 11.9. The largest absolute Gasteiger partial charge is 0.416 e. The zero-order valence-corrected chi connectivity index (χ0v) is 13.3. The lowest BCUT2D eigenvalue weighted by Crippen LogP contribution is -2.14. The number of hydrogen-bond donors (Lipinski definition) is 1. The van der Waals surface area contributed by atoms with Crippen LogP contribution < -0.4 is 5.73 Å². The molecule has 0 radical (unpaired) electrons. The molecule has 0 amide bonds. The highest BCUT2D eigenvalue weighted by molar-refractivity contribution is 5.51. The predicted molar refractivity (Wildman–Crippen MR) is 87.4 cm³/mol. The molecule has 0 aromatic heterocycles. The van der Waals surface area contributed by atoms with E-state index in [1.807, 2.05) is 26.2 Å². The van der Waals surface area contributed by atoms with Gasteiger partial charge in [0.05, 0.1) is 5.56 Å². The second-order valence-corrected chi connectivity index (χ2v) is 5.96. The number of nitrogens with zero attached hydrogens (tertiary/aromatic N) is 1. The molecule has 2 N–H and O–H groups in total. The summed E-state index contributed by atoms with van der Waals surface area (Å²) in [4.78, 5) is 2.12. The molecule has 0 saturated carbocycles. The van der Waals surface area contributed by atoms with Crippen LogP contribution in [-0.2, 0) is 19.0 Å². The van der Waals surface area contributed by atoms with Gasteiger partial charge in [-0.2, -0.15) is 13.2 Å². The summed E-state index contributed by atoms with van der Waals surface area (Å²) in [6.07, 6.45) is -2.87. The van der Waals surface area contributed by atoms with Gasteiger partial charge in [0.1, 0.15) is 0 Å². The van der Waals surface area contributed by atoms with Crippen molar-refractivity contribution >= 4 is 5.69 Å². The summed E-state index contributed by atoms with van der Waals surface area (Å²) in [5.74, 6) is 0. The van der Waals surface area contributed by atoms with Gasteiger partial charge in [-0.25, -0.2) is 0 Å². The minimum Gasteiger partial charge on any atom is -0.398 e. The summed E-state index contributed by atoms with van der Waals surface area (Å²) in [5.41, 5.74) is 8.22. The first-order valence-electron chi connectivity index (χ1n) is 7.44. The third-order valence-electron chi connectivity index (χ3n) is 3.74. The van der Waals surface area contributed by atoms with E-state index in [0.717, 1.165) is 30.7 Å². The van der Waals surface area contributed by atoms with Gasteiger partial charge in [-0.05, 0) is 55.8 Å². The lowest BCUT2D eigenvalue weighted by Gasteiger charge is -2.12.